The Labute approximate surface area is 312 Å². The number of alkyl halides is 3. The number of hydrogen-bond acceptors (Lipinski definition) is 5. The lowest BCUT2D eigenvalue weighted by Crippen LogP contribution is -2.60. The molecule has 9 nitrogen and oxygen atoms in total. The molecule has 54 heavy (non-hydrogen) atoms. The summed E-state index contributed by atoms with van der Waals surface area (Å²) in [6, 6.07) is 9.84. The van der Waals surface area contributed by atoms with Crippen LogP contribution < -0.4 is 10.6 Å². The maximum absolute atomic E-state index is 14.8. The van der Waals surface area contributed by atoms with E-state index in [0.717, 1.165) is 6.07 Å². The van der Waals surface area contributed by atoms with Crippen LogP contribution in [-0.4, -0.2) is 50.0 Å². The normalized spacial score (nSPS) is 18.0. The van der Waals surface area contributed by atoms with E-state index in [1.807, 2.05) is 32.3 Å². The standard InChI is InChI=1S/C41H49F4N5O4/c1-5-25(3)30(21-28(51)20-27-10-7-8-13-34(27)42)39(54)49-40(15-14-35-32(23-40)29-11-9-12-33(37(29)48-35)41(43,44)45)36(52)22-31(26(4)6-2)38(53)47-17-19-50-18-16-46-24-50/h7-13,16,18,24-26,30-31,48H,5-6,14-15,17,19-23H2,1-4H3,(H,47,53)(H,49,54)/t25?,26?,30-,31-,40+/m0/s1. The summed E-state index contributed by atoms with van der Waals surface area (Å²) in [5, 5.41) is 6.28. The fourth-order valence-corrected chi connectivity index (χ4v) is 7.55. The number of aromatic nitrogens is 3. The number of carbonyl (C=O) groups excluding carboxylic acids is 4. The van der Waals surface area contributed by atoms with Crippen molar-refractivity contribution >= 4 is 34.3 Å². The van der Waals surface area contributed by atoms with Crippen LogP contribution in [0.15, 0.2) is 61.2 Å². The van der Waals surface area contributed by atoms with Gasteiger partial charge >= 0.3 is 6.18 Å². The average Bonchev–Trinajstić information content (AvgIpc) is 3.80. The number of ketones is 2. The molecule has 2 heterocycles. The molecule has 0 aliphatic heterocycles. The number of rotatable bonds is 17. The predicted molar refractivity (Wildman–Crippen MR) is 197 cm³/mol. The lowest BCUT2D eigenvalue weighted by molar-refractivity contribution is -0.139. The lowest BCUT2D eigenvalue weighted by Gasteiger charge is -2.39. The monoisotopic (exact) mass is 751 g/mol. The molecule has 2 unspecified atom stereocenters. The van der Waals surface area contributed by atoms with Crippen LogP contribution >= 0.6 is 0 Å². The summed E-state index contributed by atoms with van der Waals surface area (Å²) < 4.78 is 58.5. The zero-order valence-corrected chi connectivity index (χ0v) is 31.2. The van der Waals surface area contributed by atoms with Gasteiger partial charge in [0.15, 0.2) is 5.78 Å². The van der Waals surface area contributed by atoms with Crippen LogP contribution in [0.3, 0.4) is 0 Å². The van der Waals surface area contributed by atoms with Gasteiger partial charge in [0.1, 0.15) is 17.1 Å². The van der Waals surface area contributed by atoms with Crippen LogP contribution in [0.5, 0.6) is 0 Å². The van der Waals surface area contributed by atoms with Crippen LogP contribution in [0, 0.1) is 29.5 Å². The van der Waals surface area contributed by atoms with Gasteiger partial charge in [-0.05, 0) is 47.9 Å². The van der Waals surface area contributed by atoms with Gasteiger partial charge in [-0.2, -0.15) is 13.2 Å². The number of para-hydroxylation sites is 1. The van der Waals surface area contributed by atoms with E-state index in [-0.39, 0.29) is 73.1 Å². The van der Waals surface area contributed by atoms with Gasteiger partial charge < -0.3 is 20.2 Å². The minimum Gasteiger partial charge on any atom is -0.358 e. The summed E-state index contributed by atoms with van der Waals surface area (Å²) in [7, 11) is 0. The zero-order valence-electron chi connectivity index (χ0n) is 31.2. The van der Waals surface area contributed by atoms with E-state index >= 15 is 0 Å². The minimum atomic E-state index is -4.62. The molecule has 5 rings (SSSR count). The third-order valence-electron chi connectivity index (χ3n) is 11.3. The number of amides is 2. The quantitative estimate of drug-likeness (QED) is 0.0988. The van der Waals surface area contributed by atoms with E-state index in [4.69, 9.17) is 0 Å². The van der Waals surface area contributed by atoms with Gasteiger partial charge in [-0.25, -0.2) is 9.37 Å². The van der Waals surface area contributed by atoms with Crippen LogP contribution in [-0.2, 0) is 51.2 Å². The van der Waals surface area contributed by atoms with E-state index in [1.165, 1.54) is 24.3 Å². The number of imidazole rings is 1. The molecule has 13 heteroatoms. The van der Waals surface area contributed by atoms with Crippen molar-refractivity contribution in [3.63, 3.8) is 0 Å². The Balaban J connectivity index is 1.47. The van der Waals surface area contributed by atoms with Crippen molar-refractivity contribution in [2.45, 2.75) is 97.3 Å². The molecule has 2 aromatic heterocycles. The van der Waals surface area contributed by atoms with E-state index < -0.39 is 46.6 Å². The molecule has 1 aliphatic rings. The molecule has 0 saturated heterocycles. The van der Waals surface area contributed by atoms with Crippen molar-refractivity contribution in [2.24, 2.45) is 23.7 Å². The molecule has 2 amide bonds. The number of fused-ring (bicyclic) bond motifs is 3. The van der Waals surface area contributed by atoms with Gasteiger partial charge in [0.05, 0.1) is 17.4 Å². The van der Waals surface area contributed by atoms with Crippen molar-refractivity contribution in [1.29, 1.82) is 0 Å². The van der Waals surface area contributed by atoms with Crippen molar-refractivity contribution in [3.8, 4) is 0 Å². The average molecular weight is 752 g/mol. The molecule has 0 radical (unpaired) electrons. The first-order valence-corrected chi connectivity index (χ1v) is 18.7. The summed E-state index contributed by atoms with van der Waals surface area (Å²) in [6.45, 7) is 8.30. The molecule has 0 fully saturated rings. The SMILES string of the molecule is CCC(C)[C@H](CC(=O)[C@@]1(NC(=O)[C@@H](CC(=O)Cc2ccccc2F)C(C)CC)CCc2[nH]c3c(C(F)(F)F)cccc3c2C1)C(=O)NCCn1ccnc1. The molecule has 4 aromatic rings. The molecular formula is C41H49F4N5O4. The molecule has 1 aliphatic carbocycles. The van der Waals surface area contributed by atoms with Crippen molar-refractivity contribution in [2.75, 3.05) is 6.54 Å². The van der Waals surface area contributed by atoms with Crippen LogP contribution in [0.1, 0.15) is 82.2 Å². The van der Waals surface area contributed by atoms with Crippen molar-refractivity contribution < 1.29 is 36.7 Å². The van der Waals surface area contributed by atoms with E-state index in [0.29, 0.717) is 42.6 Å². The second-order valence-corrected chi connectivity index (χ2v) is 14.8. The Kier molecular flexibility index (Phi) is 12.8. The summed E-state index contributed by atoms with van der Waals surface area (Å²) in [5.41, 5.74) is -1.23. The first-order chi connectivity index (χ1) is 25.7. The number of aromatic amines is 1. The zero-order chi connectivity index (χ0) is 39.2. The lowest BCUT2D eigenvalue weighted by atomic mass is 9.72. The number of benzene rings is 2. The first-order valence-electron chi connectivity index (χ1n) is 18.7. The van der Waals surface area contributed by atoms with Gasteiger partial charge in [0, 0.05) is 74.1 Å². The fraction of sp³-hybridized carbons (Fsp3) is 0.488. The van der Waals surface area contributed by atoms with Crippen molar-refractivity contribution in [1.82, 2.24) is 25.2 Å². The molecule has 5 atom stereocenters. The number of H-pyrrole nitrogens is 1. The maximum Gasteiger partial charge on any atom is 0.418 e. The van der Waals surface area contributed by atoms with E-state index in [9.17, 15) is 36.7 Å². The first kappa shape index (κ1) is 40.4. The third kappa shape index (κ3) is 9.10. The highest BCUT2D eigenvalue weighted by atomic mass is 19.4. The number of Topliss-reactive ketones (excluding diaryl/α,β-unsaturated/α-hetero) is 2. The van der Waals surface area contributed by atoms with E-state index in [1.54, 1.807) is 30.9 Å². The number of nitrogens with one attached hydrogen (secondary N) is 3. The van der Waals surface area contributed by atoms with Gasteiger partial charge in [-0.1, -0.05) is 70.9 Å². The van der Waals surface area contributed by atoms with Crippen LogP contribution in [0.4, 0.5) is 17.6 Å². The molecule has 290 valence electrons. The van der Waals surface area contributed by atoms with Gasteiger partial charge in [0.2, 0.25) is 11.8 Å². The molecule has 0 bridgehead atoms. The number of carbonyl (C=O) groups is 4. The van der Waals surface area contributed by atoms with Crippen LogP contribution in [0.25, 0.3) is 10.9 Å². The largest absolute Gasteiger partial charge is 0.418 e. The topological polar surface area (TPSA) is 126 Å². The van der Waals surface area contributed by atoms with E-state index in [2.05, 4.69) is 20.6 Å². The molecule has 0 saturated carbocycles. The van der Waals surface area contributed by atoms with Crippen LogP contribution in [0.2, 0.25) is 0 Å². The minimum absolute atomic E-state index is 0.0740. The highest BCUT2D eigenvalue weighted by Gasteiger charge is 2.47. The van der Waals surface area contributed by atoms with Gasteiger partial charge in [0.25, 0.3) is 0 Å². The summed E-state index contributed by atoms with van der Waals surface area (Å²) in [6.07, 6.45) is 1.08. The third-order valence-corrected chi connectivity index (χ3v) is 11.3. The molecule has 2 aromatic carbocycles. The predicted octanol–water partition coefficient (Wildman–Crippen LogP) is 7.17. The maximum atomic E-state index is 14.8. The Bertz CT molecular complexity index is 1960. The van der Waals surface area contributed by atoms with Gasteiger partial charge in [-0.3, -0.25) is 19.2 Å². The smallest absolute Gasteiger partial charge is 0.358 e. The second kappa shape index (κ2) is 17.1. The summed E-state index contributed by atoms with van der Waals surface area (Å²) in [4.78, 5) is 63.2. The second-order valence-electron chi connectivity index (χ2n) is 14.8. The van der Waals surface area contributed by atoms with Gasteiger partial charge in [-0.15, -0.1) is 0 Å². The molecule has 0 spiro atoms. The number of halogens is 4. The Hall–Kier alpha value is -4.81. The molecule has 3 N–H and O–H groups in total. The number of hydrogen-bond donors (Lipinski definition) is 3. The summed E-state index contributed by atoms with van der Waals surface area (Å²) in [5.74, 6) is -4.22. The Morgan fingerprint density at radius 3 is 2.31 bits per heavy atom. The molecular weight excluding hydrogens is 702 g/mol. The Morgan fingerprint density at radius 1 is 0.963 bits per heavy atom. The number of aryl methyl sites for hydroxylation is 1. The summed E-state index contributed by atoms with van der Waals surface area (Å²) >= 11 is 0. The fourth-order valence-electron chi connectivity index (χ4n) is 7.55. The number of nitrogens with zero attached hydrogens (tertiary/aromatic N) is 2. The Morgan fingerprint density at radius 2 is 1.67 bits per heavy atom. The highest BCUT2D eigenvalue weighted by Crippen LogP contribution is 2.41. The highest BCUT2D eigenvalue weighted by molar-refractivity contribution is 5.99. The van der Waals surface area contributed by atoms with Crippen molar-refractivity contribution in [3.05, 3.63) is 89.4 Å².